The smallest absolute Gasteiger partial charge is 0.416 e. The average Bonchev–Trinajstić information content (AvgIpc) is 2.88. The Morgan fingerprint density at radius 3 is 2.57 bits per heavy atom. The summed E-state index contributed by atoms with van der Waals surface area (Å²) in [5, 5.41) is 2.40. The van der Waals surface area contributed by atoms with E-state index in [4.69, 9.17) is 10.2 Å². The Hall–Kier alpha value is -2.28. The van der Waals surface area contributed by atoms with Gasteiger partial charge in [-0.2, -0.15) is 13.2 Å². The summed E-state index contributed by atoms with van der Waals surface area (Å²) >= 11 is 0. The van der Waals surface area contributed by atoms with Gasteiger partial charge in [-0.25, -0.2) is 0 Å². The molecule has 3 N–H and O–H groups in total. The van der Waals surface area contributed by atoms with E-state index in [1.54, 1.807) is 6.92 Å². The summed E-state index contributed by atoms with van der Waals surface area (Å²) in [6, 6.07) is 6.10. The lowest BCUT2D eigenvalue weighted by molar-refractivity contribution is -0.137. The van der Waals surface area contributed by atoms with Gasteiger partial charge in [0.1, 0.15) is 5.76 Å². The van der Waals surface area contributed by atoms with Crippen LogP contribution in [0.5, 0.6) is 0 Å². The number of carbonyl (C=O) groups excluding carboxylic acids is 1. The van der Waals surface area contributed by atoms with Crippen molar-refractivity contribution in [3.05, 3.63) is 53.0 Å². The van der Waals surface area contributed by atoms with Gasteiger partial charge in [0.05, 0.1) is 12.1 Å². The van der Waals surface area contributed by atoms with Gasteiger partial charge in [-0.15, -0.1) is 0 Å². The molecule has 7 heteroatoms. The molecule has 0 radical (unpaired) electrons. The summed E-state index contributed by atoms with van der Waals surface area (Å²) in [6.45, 7) is 1.74. The number of halogens is 3. The molecular formula is C14H13F3N2O2. The molecule has 112 valence electrons. The minimum atomic E-state index is -4.47. The van der Waals surface area contributed by atoms with Crippen molar-refractivity contribution in [1.82, 2.24) is 0 Å². The molecule has 0 atom stereocenters. The topological polar surface area (TPSA) is 68.3 Å². The molecule has 0 saturated heterocycles. The minimum Gasteiger partial charge on any atom is -0.455 e. The molecule has 0 spiro atoms. The van der Waals surface area contributed by atoms with Crippen molar-refractivity contribution >= 4 is 11.6 Å². The summed E-state index contributed by atoms with van der Waals surface area (Å²) in [5.41, 5.74) is 5.13. The molecule has 2 rings (SSSR count). The van der Waals surface area contributed by atoms with E-state index in [9.17, 15) is 18.0 Å². The third-order valence-electron chi connectivity index (χ3n) is 2.90. The fraction of sp³-hybridized carbons (Fsp3) is 0.214. The van der Waals surface area contributed by atoms with Crippen LogP contribution in [0.3, 0.4) is 0 Å². The van der Waals surface area contributed by atoms with Crippen molar-refractivity contribution in [2.45, 2.75) is 19.6 Å². The van der Waals surface area contributed by atoms with Crippen LogP contribution in [0, 0.1) is 6.92 Å². The maximum absolute atomic E-state index is 12.7. The number of anilines is 1. The van der Waals surface area contributed by atoms with Gasteiger partial charge in [-0.3, -0.25) is 4.79 Å². The number of alkyl halides is 3. The van der Waals surface area contributed by atoms with Crippen LogP contribution in [0.15, 0.2) is 34.7 Å². The standard InChI is InChI=1S/C14H13F3N2O2/c1-8-2-3-9(14(15,16)17)6-11(8)19-13(20)12-5-4-10(7-18)21-12/h2-6H,7,18H2,1H3,(H,19,20). The molecule has 0 bridgehead atoms. The summed E-state index contributed by atoms with van der Waals surface area (Å²) < 4.78 is 43.1. The van der Waals surface area contributed by atoms with Crippen LogP contribution in [0.25, 0.3) is 0 Å². The Balaban J connectivity index is 2.24. The average molecular weight is 298 g/mol. The third-order valence-corrected chi connectivity index (χ3v) is 2.90. The first kappa shape index (κ1) is 15.1. The largest absolute Gasteiger partial charge is 0.455 e. The van der Waals surface area contributed by atoms with Crippen LogP contribution in [0.1, 0.15) is 27.4 Å². The SMILES string of the molecule is Cc1ccc(C(F)(F)F)cc1NC(=O)c1ccc(CN)o1. The molecule has 1 amide bonds. The van der Waals surface area contributed by atoms with Gasteiger partial charge in [-0.1, -0.05) is 6.07 Å². The van der Waals surface area contributed by atoms with E-state index in [2.05, 4.69) is 5.32 Å². The number of nitrogens with two attached hydrogens (primary N) is 1. The highest BCUT2D eigenvalue weighted by molar-refractivity contribution is 6.02. The van der Waals surface area contributed by atoms with Gasteiger partial charge < -0.3 is 15.5 Å². The molecule has 1 heterocycles. The van der Waals surface area contributed by atoms with Crippen LogP contribution in [-0.4, -0.2) is 5.91 Å². The second-order valence-corrected chi connectivity index (χ2v) is 4.45. The molecule has 0 fully saturated rings. The molecule has 0 aliphatic carbocycles. The zero-order valence-corrected chi connectivity index (χ0v) is 11.1. The molecule has 1 aromatic heterocycles. The zero-order chi connectivity index (χ0) is 15.6. The summed E-state index contributed by atoms with van der Waals surface area (Å²) in [6.07, 6.45) is -4.47. The van der Waals surface area contributed by atoms with Crippen LogP contribution in [0.2, 0.25) is 0 Å². The lowest BCUT2D eigenvalue weighted by Gasteiger charge is -2.11. The van der Waals surface area contributed by atoms with E-state index in [0.717, 1.165) is 12.1 Å². The van der Waals surface area contributed by atoms with Crippen molar-refractivity contribution in [2.75, 3.05) is 5.32 Å². The first-order valence-corrected chi connectivity index (χ1v) is 6.09. The molecule has 4 nitrogen and oxygen atoms in total. The highest BCUT2D eigenvalue weighted by Crippen LogP contribution is 2.32. The van der Waals surface area contributed by atoms with E-state index in [1.807, 2.05) is 0 Å². The van der Waals surface area contributed by atoms with Crippen LogP contribution < -0.4 is 11.1 Å². The Labute approximate surface area is 118 Å². The predicted octanol–water partition coefficient (Wildman–Crippen LogP) is 3.32. The second-order valence-electron chi connectivity index (χ2n) is 4.45. The number of hydrogen-bond acceptors (Lipinski definition) is 3. The molecule has 1 aromatic carbocycles. The van der Waals surface area contributed by atoms with Crippen LogP contribution in [0.4, 0.5) is 18.9 Å². The second kappa shape index (κ2) is 5.61. The number of aryl methyl sites for hydroxylation is 1. The first-order valence-electron chi connectivity index (χ1n) is 6.09. The fourth-order valence-corrected chi connectivity index (χ4v) is 1.73. The number of hydrogen-bond donors (Lipinski definition) is 2. The normalized spacial score (nSPS) is 11.5. The summed E-state index contributed by atoms with van der Waals surface area (Å²) in [5.74, 6) is -0.217. The Kier molecular flexibility index (Phi) is 4.04. The molecule has 0 saturated carbocycles. The van der Waals surface area contributed by atoms with Crippen molar-refractivity contribution in [1.29, 1.82) is 0 Å². The van der Waals surface area contributed by atoms with E-state index < -0.39 is 17.6 Å². The quantitative estimate of drug-likeness (QED) is 0.913. The molecular weight excluding hydrogens is 285 g/mol. The van der Waals surface area contributed by atoms with Crippen LogP contribution in [-0.2, 0) is 12.7 Å². The van der Waals surface area contributed by atoms with E-state index >= 15 is 0 Å². The molecule has 2 aromatic rings. The monoisotopic (exact) mass is 298 g/mol. The highest BCUT2D eigenvalue weighted by atomic mass is 19.4. The van der Waals surface area contributed by atoms with Gasteiger partial charge in [0.25, 0.3) is 5.91 Å². The van der Waals surface area contributed by atoms with Crippen molar-refractivity contribution in [2.24, 2.45) is 5.73 Å². The van der Waals surface area contributed by atoms with Gasteiger partial charge in [0.2, 0.25) is 0 Å². The number of carbonyl (C=O) groups is 1. The van der Waals surface area contributed by atoms with E-state index in [0.29, 0.717) is 11.3 Å². The number of benzene rings is 1. The van der Waals surface area contributed by atoms with E-state index in [1.165, 1.54) is 18.2 Å². The van der Waals surface area contributed by atoms with Crippen LogP contribution >= 0.6 is 0 Å². The lowest BCUT2D eigenvalue weighted by Crippen LogP contribution is -2.13. The number of rotatable bonds is 3. The molecule has 0 unspecified atom stereocenters. The lowest BCUT2D eigenvalue weighted by atomic mass is 10.1. The Morgan fingerprint density at radius 2 is 2.00 bits per heavy atom. The summed E-state index contributed by atoms with van der Waals surface area (Å²) in [4.78, 5) is 11.9. The highest BCUT2D eigenvalue weighted by Gasteiger charge is 2.31. The van der Waals surface area contributed by atoms with Gasteiger partial charge in [0.15, 0.2) is 5.76 Å². The maximum atomic E-state index is 12.7. The van der Waals surface area contributed by atoms with Crippen molar-refractivity contribution in [3.63, 3.8) is 0 Å². The van der Waals surface area contributed by atoms with E-state index in [-0.39, 0.29) is 18.0 Å². The minimum absolute atomic E-state index is 0.00717. The zero-order valence-electron chi connectivity index (χ0n) is 11.1. The molecule has 0 aliphatic rings. The predicted molar refractivity (Wildman–Crippen MR) is 70.7 cm³/mol. The van der Waals surface area contributed by atoms with Crippen molar-refractivity contribution in [3.8, 4) is 0 Å². The van der Waals surface area contributed by atoms with Gasteiger partial charge >= 0.3 is 6.18 Å². The Bertz CT molecular complexity index is 662. The number of furan rings is 1. The maximum Gasteiger partial charge on any atom is 0.416 e. The van der Waals surface area contributed by atoms with Gasteiger partial charge in [-0.05, 0) is 36.8 Å². The first-order chi connectivity index (χ1) is 9.81. The Morgan fingerprint density at radius 1 is 1.29 bits per heavy atom. The summed E-state index contributed by atoms with van der Waals surface area (Å²) in [7, 11) is 0. The number of nitrogens with one attached hydrogen (secondary N) is 1. The number of amides is 1. The van der Waals surface area contributed by atoms with Gasteiger partial charge in [0, 0.05) is 5.69 Å². The molecule has 0 aliphatic heterocycles. The van der Waals surface area contributed by atoms with Crippen molar-refractivity contribution < 1.29 is 22.4 Å². The third kappa shape index (κ3) is 3.43. The molecule has 21 heavy (non-hydrogen) atoms. The fourth-order valence-electron chi connectivity index (χ4n) is 1.73.